The molecule has 1 heterocycles. The highest BCUT2D eigenvalue weighted by Crippen LogP contribution is 2.66. The Morgan fingerprint density at radius 2 is 1.73 bits per heavy atom. The fraction of sp³-hybridized carbons (Fsp3) is 0.957. The molecule has 1 aliphatic heterocycles. The van der Waals surface area contributed by atoms with Gasteiger partial charge in [-0.1, -0.05) is 34.1 Å². The van der Waals surface area contributed by atoms with E-state index >= 15 is 0 Å². The molecule has 4 fully saturated rings. The molecule has 0 amide bonds. The number of carbonyl (C=O) groups is 1. The maximum Gasteiger partial charge on any atom is 0.164 e. The lowest BCUT2D eigenvalue weighted by Crippen LogP contribution is -2.61. The van der Waals surface area contributed by atoms with Crippen LogP contribution in [0.4, 0.5) is 0 Å². The van der Waals surface area contributed by atoms with E-state index in [1.54, 1.807) is 0 Å². The Hall–Kier alpha value is -0.410. The number of ether oxygens (including phenoxy) is 2. The fourth-order valence-corrected chi connectivity index (χ4v) is 7.86. The first-order valence-electron chi connectivity index (χ1n) is 10.9. The van der Waals surface area contributed by atoms with E-state index in [1.165, 1.54) is 38.4 Å². The molecular formula is C23H38O3. The van der Waals surface area contributed by atoms with Crippen LogP contribution in [0, 0.1) is 34.5 Å². The molecule has 1 unspecified atom stereocenters. The van der Waals surface area contributed by atoms with Gasteiger partial charge >= 0.3 is 0 Å². The Labute approximate surface area is 159 Å². The van der Waals surface area contributed by atoms with Crippen molar-refractivity contribution >= 4 is 6.29 Å². The SMILES string of the molecule is CC(C)[C@@]12CC[C@H]3C(CC[C@@H]4[C@]3(C)CCC[C@@]4(C)C=O)[C@@H]1OC(C)(C)O2. The molecule has 7 atom stereocenters. The minimum Gasteiger partial charge on any atom is -0.344 e. The average molecular weight is 363 g/mol. The number of hydrogen-bond acceptors (Lipinski definition) is 3. The Bertz CT molecular complexity index is 584. The highest BCUT2D eigenvalue weighted by atomic mass is 16.8. The Morgan fingerprint density at radius 3 is 2.38 bits per heavy atom. The van der Waals surface area contributed by atoms with Crippen molar-refractivity contribution in [2.75, 3.05) is 0 Å². The summed E-state index contributed by atoms with van der Waals surface area (Å²) in [7, 11) is 0. The van der Waals surface area contributed by atoms with Crippen LogP contribution in [0.5, 0.6) is 0 Å². The molecule has 4 rings (SSSR count). The van der Waals surface area contributed by atoms with Crippen LogP contribution in [0.3, 0.4) is 0 Å². The van der Waals surface area contributed by atoms with Crippen LogP contribution in [0.25, 0.3) is 0 Å². The largest absolute Gasteiger partial charge is 0.344 e. The van der Waals surface area contributed by atoms with E-state index in [0.29, 0.717) is 23.7 Å². The summed E-state index contributed by atoms with van der Waals surface area (Å²) in [6, 6.07) is 0. The van der Waals surface area contributed by atoms with Gasteiger partial charge in [-0.2, -0.15) is 0 Å². The topological polar surface area (TPSA) is 35.5 Å². The molecular weight excluding hydrogens is 324 g/mol. The van der Waals surface area contributed by atoms with Crippen LogP contribution < -0.4 is 0 Å². The zero-order chi connectivity index (χ0) is 19.0. The van der Waals surface area contributed by atoms with Gasteiger partial charge < -0.3 is 14.3 Å². The lowest BCUT2D eigenvalue weighted by molar-refractivity contribution is -0.176. The second kappa shape index (κ2) is 5.80. The van der Waals surface area contributed by atoms with Crippen molar-refractivity contribution in [1.82, 2.24) is 0 Å². The van der Waals surface area contributed by atoms with Gasteiger partial charge in [0, 0.05) is 5.41 Å². The van der Waals surface area contributed by atoms with Gasteiger partial charge in [0.25, 0.3) is 0 Å². The van der Waals surface area contributed by atoms with Crippen molar-refractivity contribution in [2.24, 2.45) is 34.5 Å². The molecule has 3 aliphatic carbocycles. The number of fused-ring (bicyclic) bond motifs is 5. The van der Waals surface area contributed by atoms with Gasteiger partial charge in [-0.05, 0) is 81.5 Å². The maximum absolute atomic E-state index is 12.0. The first-order valence-corrected chi connectivity index (χ1v) is 10.9. The molecule has 0 N–H and O–H groups in total. The van der Waals surface area contributed by atoms with Crippen LogP contribution in [-0.4, -0.2) is 23.8 Å². The summed E-state index contributed by atoms with van der Waals surface area (Å²) >= 11 is 0. The van der Waals surface area contributed by atoms with Crippen LogP contribution in [0.15, 0.2) is 0 Å². The summed E-state index contributed by atoms with van der Waals surface area (Å²) in [4.78, 5) is 12.0. The van der Waals surface area contributed by atoms with E-state index in [1.807, 2.05) is 0 Å². The van der Waals surface area contributed by atoms with Gasteiger partial charge in [0.1, 0.15) is 11.9 Å². The van der Waals surface area contributed by atoms with E-state index in [9.17, 15) is 4.79 Å². The van der Waals surface area contributed by atoms with Gasteiger partial charge in [0.2, 0.25) is 0 Å². The fourth-order valence-electron chi connectivity index (χ4n) is 7.86. The molecule has 3 nitrogen and oxygen atoms in total. The number of aldehydes is 1. The summed E-state index contributed by atoms with van der Waals surface area (Å²) in [6.07, 6.45) is 9.70. The maximum atomic E-state index is 12.0. The highest BCUT2D eigenvalue weighted by molar-refractivity contribution is 5.60. The number of rotatable bonds is 2. The van der Waals surface area contributed by atoms with Crippen LogP contribution in [0.1, 0.15) is 86.5 Å². The van der Waals surface area contributed by atoms with Crippen molar-refractivity contribution < 1.29 is 14.3 Å². The van der Waals surface area contributed by atoms with Crippen molar-refractivity contribution in [3.8, 4) is 0 Å². The van der Waals surface area contributed by atoms with Gasteiger partial charge in [0.05, 0.1) is 6.10 Å². The zero-order valence-electron chi connectivity index (χ0n) is 17.6. The summed E-state index contributed by atoms with van der Waals surface area (Å²) < 4.78 is 13.2. The molecule has 0 radical (unpaired) electrons. The number of hydrogen-bond donors (Lipinski definition) is 0. The van der Waals surface area contributed by atoms with E-state index in [2.05, 4.69) is 41.5 Å². The molecule has 0 spiro atoms. The van der Waals surface area contributed by atoms with E-state index in [-0.39, 0.29) is 22.5 Å². The first kappa shape index (κ1) is 18.9. The molecule has 0 aromatic heterocycles. The minimum atomic E-state index is -0.481. The van der Waals surface area contributed by atoms with Gasteiger partial charge in [-0.3, -0.25) is 0 Å². The average Bonchev–Trinajstić information content (AvgIpc) is 2.86. The Morgan fingerprint density at radius 1 is 1.00 bits per heavy atom. The van der Waals surface area contributed by atoms with E-state index in [0.717, 1.165) is 12.8 Å². The highest BCUT2D eigenvalue weighted by Gasteiger charge is 2.66. The zero-order valence-corrected chi connectivity index (χ0v) is 17.6. The van der Waals surface area contributed by atoms with Crippen molar-refractivity contribution in [1.29, 1.82) is 0 Å². The number of carbonyl (C=O) groups excluding carboxylic acids is 1. The molecule has 0 aromatic rings. The van der Waals surface area contributed by atoms with Crippen LogP contribution in [0.2, 0.25) is 0 Å². The van der Waals surface area contributed by atoms with E-state index < -0.39 is 5.79 Å². The predicted octanol–water partition coefficient (Wildman–Crippen LogP) is 5.36. The molecule has 26 heavy (non-hydrogen) atoms. The molecule has 0 aromatic carbocycles. The normalized spacial score (nSPS) is 52.9. The molecule has 0 bridgehead atoms. The van der Waals surface area contributed by atoms with Gasteiger partial charge in [0.15, 0.2) is 5.79 Å². The molecule has 3 saturated carbocycles. The van der Waals surface area contributed by atoms with Crippen LogP contribution in [-0.2, 0) is 14.3 Å². The van der Waals surface area contributed by atoms with Crippen LogP contribution >= 0.6 is 0 Å². The molecule has 3 heteroatoms. The summed E-state index contributed by atoms with van der Waals surface area (Å²) in [5.74, 6) is 1.75. The lowest BCUT2D eigenvalue weighted by Gasteiger charge is -2.62. The van der Waals surface area contributed by atoms with Crippen molar-refractivity contribution in [3.63, 3.8) is 0 Å². The third kappa shape index (κ3) is 2.42. The third-order valence-electron chi connectivity index (χ3n) is 8.99. The second-order valence-corrected chi connectivity index (χ2v) is 11.1. The van der Waals surface area contributed by atoms with E-state index in [4.69, 9.17) is 9.47 Å². The smallest absolute Gasteiger partial charge is 0.164 e. The third-order valence-corrected chi connectivity index (χ3v) is 8.99. The first-order chi connectivity index (χ1) is 12.1. The Kier molecular flexibility index (Phi) is 4.22. The summed E-state index contributed by atoms with van der Waals surface area (Å²) in [5, 5.41) is 0. The quantitative estimate of drug-likeness (QED) is 0.620. The monoisotopic (exact) mass is 362 g/mol. The second-order valence-electron chi connectivity index (χ2n) is 11.1. The molecule has 148 valence electrons. The molecule has 4 aliphatic rings. The lowest BCUT2D eigenvalue weighted by atomic mass is 9.43. The van der Waals surface area contributed by atoms with Gasteiger partial charge in [-0.15, -0.1) is 0 Å². The standard InChI is InChI=1S/C23H38O3/c1-15(2)23-13-10-17-16(19(23)25-20(3,4)26-23)8-9-18-21(5,14-24)11-7-12-22(17,18)6/h14-19H,7-13H2,1-6H3/t16?,17-,18-,19-,21-,22+,23-/m0/s1. The Balaban J connectivity index is 1.70. The minimum absolute atomic E-state index is 0.128. The van der Waals surface area contributed by atoms with Gasteiger partial charge in [-0.25, -0.2) is 0 Å². The summed E-state index contributed by atoms with van der Waals surface area (Å²) in [6.45, 7) is 13.5. The van der Waals surface area contributed by atoms with Crippen molar-refractivity contribution in [3.05, 3.63) is 0 Å². The van der Waals surface area contributed by atoms with Crippen molar-refractivity contribution in [2.45, 2.75) is 104 Å². The molecule has 1 saturated heterocycles. The summed E-state index contributed by atoms with van der Waals surface area (Å²) in [5.41, 5.74) is 0.0173. The predicted molar refractivity (Wildman–Crippen MR) is 103 cm³/mol.